The number of hydrogen-bond donors (Lipinski definition) is 0. The summed E-state index contributed by atoms with van der Waals surface area (Å²) >= 11 is 5.77. The van der Waals surface area contributed by atoms with E-state index in [1.165, 1.54) is 17.2 Å². The fraction of sp³-hybridized carbons (Fsp3) is 0.250. The van der Waals surface area contributed by atoms with Crippen LogP contribution in [-0.2, 0) is 4.74 Å². The summed E-state index contributed by atoms with van der Waals surface area (Å²) in [6.45, 7) is 2.01. The average Bonchev–Trinajstić information content (AvgIpc) is 2.63. The van der Waals surface area contributed by atoms with Crippen LogP contribution >= 0.6 is 11.6 Å². The van der Waals surface area contributed by atoms with Gasteiger partial charge in [0.2, 0.25) is 0 Å². The van der Waals surface area contributed by atoms with Gasteiger partial charge in [-0.15, -0.1) is 0 Å². The van der Waals surface area contributed by atoms with Crippen molar-refractivity contribution in [2.45, 2.75) is 6.92 Å². The van der Waals surface area contributed by atoms with Gasteiger partial charge in [0.1, 0.15) is 18.2 Å². The first-order chi connectivity index (χ1) is 7.24. The number of aromatic nitrogens is 4. The molecule has 0 aromatic carbocycles. The lowest BCUT2D eigenvalue weighted by Gasteiger charge is -2.01. The third kappa shape index (κ3) is 1.63. The molecule has 0 atom stereocenters. The summed E-state index contributed by atoms with van der Waals surface area (Å²) in [7, 11) is 0. The van der Waals surface area contributed by atoms with Crippen molar-refractivity contribution >= 4 is 28.9 Å². The van der Waals surface area contributed by atoms with Crippen LogP contribution in [0.1, 0.15) is 6.92 Å². The fourth-order valence-corrected chi connectivity index (χ4v) is 1.31. The summed E-state index contributed by atoms with van der Waals surface area (Å²) in [6, 6.07) is 0. The summed E-state index contributed by atoms with van der Waals surface area (Å²) in [4.78, 5) is 23.0. The van der Waals surface area contributed by atoms with Gasteiger partial charge in [0.05, 0.1) is 6.61 Å². The molecular weight excluding hydrogens is 220 g/mol. The number of nitrogens with zero attached hydrogens (tertiary/aromatic N) is 4. The van der Waals surface area contributed by atoms with Crippen LogP contribution in [0.25, 0.3) is 11.2 Å². The number of fused-ring (bicyclic) bond motifs is 1. The maximum atomic E-state index is 11.4. The number of imidazole rings is 1. The van der Waals surface area contributed by atoms with Crippen molar-refractivity contribution in [3.8, 4) is 0 Å². The van der Waals surface area contributed by atoms with Crippen molar-refractivity contribution < 1.29 is 9.53 Å². The second-order valence-corrected chi connectivity index (χ2v) is 3.01. The largest absolute Gasteiger partial charge is 0.449 e. The summed E-state index contributed by atoms with van der Waals surface area (Å²) in [5.41, 5.74) is 0.723. The van der Waals surface area contributed by atoms with E-state index in [4.69, 9.17) is 16.3 Å². The Hall–Kier alpha value is -1.69. The maximum Gasteiger partial charge on any atom is 0.420 e. The number of halogens is 1. The van der Waals surface area contributed by atoms with Crippen LogP contribution in [-0.4, -0.2) is 32.2 Å². The highest BCUT2D eigenvalue weighted by atomic mass is 35.5. The Morgan fingerprint density at radius 3 is 3.07 bits per heavy atom. The second kappa shape index (κ2) is 3.82. The van der Waals surface area contributed by atoms with E-state index >= 15 is 0 Å². The minimum atomic E-state index is -0.533. The van der Waals surface area contributed by atoms with Gasteiger partial charge in [-0.2, -0.15) is 0 Å². The first kappa shape index (κ1) is 9.85. The summed E-state index contributed by atoms with van der Waals surface area (Å²) in [6.07, 6.45) is 2.04. The van der Waals surface area contributed by atoms with Gasteiger partial charge < -0.3 is 4.74 Å². The van der Waals surface area contributed by atoms with Gasteiger partial charge in [-0.1, -0.05) is 11.6 Å². The molecule has 0 spiro atoms. The van der Waals surface area contributed by atoms with E-state index in [2.05, 4.69) is 15.0 Å². The van der Waals surface area contributed by atoms with Gasteiger partial charge in [0.15, 0.2) is 10.8 Å². The molecule has 0 unspecified atom stereocenters. The SMILES string of the molecule is CCOC(=O)n1cnc2c(Cl)ncnc21. The van der Waals surface area contributed by atoms with Gasteiger partial charge in [-0.3, -0.25) is 0 Å². The molecule has 6 nitrogen and oxygen atoms in total. The average molecular weight is 227 g/mol. The molecular formula is C8H7ClN4O2. The molecule has 0 aliphatic carbocycles. The van der Waals surface area contributed by atoms with Crippen LogP contribution in [0.15, 0.2) is 12.7 Å². The van der Waals surface area contributed by atoms with E-state index in [0.29, 0.717) is 11.2 Å². The first-order valence-electron chi connectivity index (χ1n) is 4.24. The van der Waals surface area contributed by atoms with Gasteiger partial charge in [0.25, 0.3) is 0 Å². The Morgan fingerprint density at radius 2 is 2.33 bits per heavy atom. The van der Waals surface area contributed by atoms with Crippen molar-refractivity contribution in [3.63, 3.8) is 0 Å². The molecule has 0 aliphatic heterocycles. The molecule has 2 aromatic rings. The van der Waals surface area contributed by atoms with Crippen molar-refractivity contribution in [2.24, 2.45) is 0 Å². The van der Waals surface area contributed by atoms with Crippen LogP contribution in [0.2, 0.25) is 5.15 Å². The quantitative estimate of drug-likeness (QED) is 0.689. The van der Waals surface area contributed by atoms with Crippen molar-refractivity contribution in [2.75, 3.05) is 6.61 Å². The molecule has 2 aromatic heterocycles. The molecule has 0 saturated heterocycles. The number of hydrogen-bond acceptors (Lipinski definition) is 5. The minimum absolute atomic E-state index is 0.211. The van der Waals surface area contributed by atoms with E-state index in [1.54, 1.807) is 6.92 Å². The second-order valence-electron chi connectivity index (χ2n) is 2.65. The first-order valence-corrected chi connectivity index (χ1v) is 4.62. The predicted octanol–water partition coefficient (Wildman–Crippen LogP) is 1.48. The Morgan fingerprint density at radius 1 is 1.53 bits per heavy atom. The van der Waals surface area contributed by atoms with Crippen molar-refractivity contribution in [1.82, 2.24) is 19.5 Å². The highest BCUT2D eigenvalue weighted by molar-refractivity contribution is 6.33. The molecule has 0 aliphatic rings. The van der Waals surface area contributed by atoms with E-state index in [-0.39, 0.29) is 11.8 Å². The highest BCUT2D eigenvalue weighted by Gasteiger charge is 2.13. The minimum Gasteiger partial charge on any atom is -0.449 e. The Labute approximate surface area is 89.9 Å². The molecule has 2 rings (SSSR count). The van der Waals surface area contributed by atoms with Gasteiger partial charge in [-0.25, -0.2) is 24.3 Å². The van der Waals surface area contributed by atoms with Gasteiger partial charge in [-0.05, 0) is 6.92 Å². The monoisotopic (exact) mass is 226 g/mol. The highest BCUT2D eigenvalue weighted by Crippen LogP contribution is 2.16. The summed E-state index contributed by atoms with van der Waals surface area (Å²) < 4.78 is 6.00. The number of carbonyl (C=O) groups excluding carboxylic acids is 1. The lowest BCUT2D eigenvalue weighted by Crippen LogP contribution is -2.12. The van der Waals surface area contributed by atoms with Crippen molar-refractivity contribution in [1.29, 1.82) is 0 Å². The predicted molar refractivity (Wildman–Crippen MR) is 52.8 cm³/mol. The number of rotatable bonds is 1. The molecule has 15 heavy (non-hydrogen) atoms. The lowest BCUT2D eigenvalue weighted by molar-refractivity contribution is 0.155. The number of ether oxygens (including phenoxy) is 1. The van der Waals surface area contributed by atoms with Crippen LogP contribution in [0.3, 0.4) is 0 Å². The zero-order chi connectivity index (χ0) is 10.8. The van der Waals surface area contributed by atoms with Gasteiger partial charge >= 0.3 is 6.09 Å². The maximum absolute atomic E-state index is 11.4. The molecule has 0 bridgehead atoms. The molecule has 7 heteroatoms. The number of carbonyl (C=O) groups is 1. The van der Waals surface area contributed by atoms with Crippen LogP contribution in [0.5, 0.6) is 0 Å². The van der Waals surface area contributed by atoms with E-state index in [9.17, 15) is 4.79 Å². The smallest absolute Gasteiger partial charge is 0.420 e. The topological polar surface area (TPSA) is 69.9 Å². The van der Waals surface area contributed by atoms with Crippen LogP contribution in [0.4, 0.5) is 4.79 Å². The van der Waals surface area contributed by atoms with Crippen LogP contribution < -0.4 is 0 Å². The molecule has 0 N–H and O–H groups in total. The van der Waals surface area contributed by atoms with Crippen LogP contribution in [0, 0.1) is 0 Å². The molecule has 0 fully saturated rings. The zero-order valence-corrected chi connectivity index (χ0v) is 8.60. The Kier molecular flexibility index (Phi) is 2.51. The summed E-state index contributed by atoms with van der Waals surface area (Å²) in [5.74, 6) is 0. The Balaban J connectivity index is 2.54. The fourth-order valence-electron chi connectivity index (χ4n) is 1.13. The standard InChI is InChI=1S/C8H7ClN4O2/c1-2-15-8(14)13-4-12-5-6(9)10-3-11-7(5)13/h3-4H,2H2,1H3. The van der Waals surface area contributed by atoms with Crippen molar-refractivity contribution in [3.05, 3.63) is 17.8 Å². The molecule has 2 heterocycles. The van der Waals surface area contributed by atoms with E-state index < -0.39 is 6.09 Å². The Bertz CT molecular complexity index is 510. The zero-order valence-electron chi connectivity index (χ0n) is 7.85. The lowest BCUT2D eigenvalue weighted by atomic mass is 10.5. The van der Waals surface area contributed by atoms with E-state index in [1.807, 2.05) is 0 Å². The molecule has 0 amide bonds. The molecule has 0 radical (unpaired) electrons. The molecule has 0 saturated carbocycles. The normalized spacial score (nSPS) is 10.5. The third-order valence-corrected chi connectivity index (χ3v) is 2.03. The van der Waals surface area contributed by atoms with Gasteiger partial charge in [0, 0.05) is 0 Å². The third-order valence-electron chi connectivity index (χ3n) is 1.75. The summed E-state index contributed by atoms with van der Waals surface area (Å²) in [5, 5.41) is 0.211. The van der Waals surface area contributed by atoms with E-state index in [0.717, 1.165) is 0 Å². The molecule has 78 valence electrons.